The van der Waals surface area contributed by atoms with Crippen molar-refractivity contribution in [3.05, 3.63) is 59.7 Å². The Morgan fingerprint density at radius 1 is 0.929 bits per heavy atom. The minimum Gasteiger partial charge on any atom is -0.493 e. The van der Waals surface area contributed by atoms with Crippen LogP contribution in [-0.4, -0.2) is 20.8 Å². The standard InChI is InChI=1S/C24H32O3S/c1-23(2,3)19-11-13-22(14-12-19)28(25,26)17-24(4,5)20-7-6-8-21(15-20)27-16-18-9-10-18/h6-8,11-15,18H,9-10,16-17H2,1-5H3. The molecule has 0 atom stereocenters. The number of ether oxygens (including phenoxy) is 1. The molecule has 0 unspecified atom stereocenters. The van der Waals surface area contributed by atoms with E-state index in [-0.39, 0.29) is 11.2 Å². The fourth-order valence-corrected chi connectivity index (χ4v) is 5.14. The van der Waals surface area contributed by atoms with Gasteiger partial charge in [-0.3, -0.25) is 0 Å². The lowest BCUT2D eigenvalue weighted by atomic mass is 9.87. The summed E-state index contributed by atoms with van der Waals surface area (Å²) < 4.78 is 32.0. The summed E-state index contributed by atoms with van der Waals surface area (Å²) in [5, 5.41) is 0. The van der Waals surface area contributed by atoms with Crippen molar-refractivity contribution in [1.29, 1.82) is 0 Å². The second kappa shape index (κ2) is 7.55. The van der Waals surface area contributed by atoms with Crippen LogP contribution < -0.4 is 4.74 Å². The Morgan fingerprint density at radius 2 is 1.57 bits per heavy atom. The smallest absolute Gasteiger partial charge is 0.179 e. The molecule has 1 aliphatic rings. The molecule has 1 aliphatic carbocycles. The molecule has 152 valence electrons. The Hall–Kier alpha value is -1.81. The third-order valence-corrected chi connectivity index (χ3v) is 7.52. The minimum absolute atomic E-state index is 0.00245. The monoisotopic (exact) mass is 400 g/mol. The molecule has 28 heavy (non-hydrogen) atoms. The average molecular weight is 401 g/mol. The predicted octanol–water partition coefficient (Wildman–Crippen LogP) is 5.52. The van der Waals surface area contributed by atoms with Gasteiger partial charge in [0.2, 0.25) is 0 Å². The highest BCUT2D eigenvalue weighted by molar-refractivity contribution is 7.91. The Bertz CT molecular complexity index is 915. The second-order valence-corrected chi connectivity index (χ2v) is 11.7. The van der Waals surface area contributed by atoms with Gasteiger partial charge in [0, 0.05) is 5.41 Å². The van der Waals surface area contributed by atoms with Crippen molar-refractivity contribution in [3.63, 3.8) is 0 Å². The summed E-state index contributed by atoms with van der Waals surface area (Å²) in [4.78, 5) is 0.384. The Morgan fingerprint density at radius 3 is 2.14 bits per heavy atom. The summed E-state index contributed by atoms with van der Waals surface area (Å²) in [5.41, 5.74) is 1.60. The Kier molecular flexibility index (Phi) is 5.64. The largest absolute Gasteiger partial charge is 0.493 e. The molecule has 0 N–H and O–H groups in total. The molecule has 0 saturated heterocycles. The zero-order chi connectivity index (χ0) is 20.6. The molecule has 3 rings (SSSR count). The van der Waals surface area contributed by atoms with Crippen LogP contribution in [0.15, 0.2) is 53.4 Å². The first-order valence-corrected chi connectivity index (χ1v) is 11.7. The van der Waals surface area contributed by atoms with Crippen LogP contribution in [0.1, 0.15) is 58.6 Å². The molecule has 0 aromatic heterocycles. The molecule has 0 heterocycles. The van der Waals surface area contributed by atoms with Crippen LogP contribution in [0.4, 0.5) is 0 Å². The molecule has 2 aromatic rings. The molecule has 2 aromatic carbocycles. The van der Waals surface area contributed by atoms with Crippen molar-refractivity contribution in [3.8, 4) is 5.75 Å². The van der Waals surface area contributed by atoms with Crippen LogP contribution in [0.2, 0.25) is 0 Å². The summed E-state index contributed by atoms with van der Waals surface area (Å²) in [6.45, 7) is 11.1. The first kappa shape index (κ1) is 20.9. The van der Waals surface area contributed by atoms with Crippen LogP contribution in [0.3, 0.4) is 0 Å². The molecular formula is C24H32O3S. The lowest BCUT2D eigenvalue weighted by molar-refractivity contribution is 0.299. The van der Waals surface area contributed by atoms with Gasteiger partial charge < -0.3 is 4.74 Å². The van der Waals surface area contributed by atoms with Gasteiger partial charge in [0.1, 0.15) is 5.75 Å². The number of rotatable bonds is 7. The maximum Gasteiger partial charge on any atom is 0.179 e. The topological polar surface area (TPSA) is 43.4 Å². The molecule has 0 radical (unpaired) electrons. The van der Waals surface area contributed by atoms with Crippen molar-refractivity contribution < 1.29 is 13.2 Å². The fourth-order valence-electron chi connectivity index (χ4n) is 3.31. The number of hydrogen-bond donors (Lipinski definition) is 0. The zero-order valence-electron chi connectivity index (χ0n) is 17.7. The van der Waals surface area contributed by atoms with Crippen molar-refractivity contribution in [2.24, 2.45) is 5.92 Å². The lowest BCUT2D eigenvalue weighted by Gasteiger charge is -2.26. The van der Waals surface area contributed by atoms with Gasteiger partial charge in [-0.1, -0.05) is 58.9 Å². The van der Waals surface area contributed by atoms with Crippen LogP contribution in [0.5, 0.6) is 5.75 Å². The maximum absolute atomic E-state index is 13.1. The van der Waals surface area contributed by atoms with Gasteiger partial charge in [0.05, 0.1) is 17.3 Å². The summed E-state index contributed by atoms with van der Waals surface area (Å²) in [5.74, 6) is 1.57. The normalized spacial score (nSPS) is 15.5. The van der Waals surface area contributed by atoms with Crippen LogP contribution >= 0.6 is 0 Å². The molecule has 0 spiro atoms. The van der Waals surface area contributed by atoms with E-state index in [1.165, 1.54) is 12.8 Å². The number of sulfone groups is 1. The summed E-state index contributed by atoms with van der Waals surface area (Å²) >= 11 is 0. The van der Waals surface area contributed by atoms with Crippen molar-refractivity contribution in [1.82, 2.24) is 0 Å². The first-order chi connectivity index (χ1) is 13.0. The zero-order valence-corrected chi connectivity index (χ0v) is 18.5. The molecular weight excluding hydrogens is 368 g/mol. The van der Waals surface area contributed by atoms with Crippen molar-refractivity contribution >= 4 is 9.84 Å². The van der Waals surface area contributed by atoms with Crippen LogP contribution in [0, 0.1) is 5.92 Å². The number of benzene rings is 2. The maximum atomic E-state index is 13.1. The van der Waals surface area contributed by atoms with E-state index in [9.17, 15) is 8.42 Å². The van der Waals surface area contributed by atoms with E-state index in [0.717, 1.165) is 23.5 Å². The van der Waals surface area contributed by atoms with Gasteiger partial charge in [0.15, 0.2) is 9.84 Å². The van der Waals surface area contributed by atoms with E-state index >= 15 is 0 Å². The van der Waals surface area contributed by atoms with Gasteiger partial charge in [-0.05, 0) is 59.6 Å². The van der Waals surface area contributed by atoms with E-state index in [1.54, 1.807) is 12.1 Å². The van der Waals surface area contributed by atoms with Crippen molar-refractivity contribution in [2.75, 3.05) is 12.4 Å². The van der Waals surface area contributed by atoms with E-state index in [4.69, 9.17) is 4.74 Å². The SMILES string of the molecule is CC(C)(C)c1ccc(S(=O)(=O)CC(C)(C)c2cccc(OCC3CC3)c2)cc1. The van der Waals surface area contributed by atoms with E-state index in [2.05, 4.69) is 20.8 Å². The Balaban J connectivity index is 1.77. The minimum atomic E-state index is -3.40. The van der Waals surface area contributed by atoms with E-state index in [1.807, 2.05) is 50.2 Å². The van der Waals surface area contributed by atoms with E-state index in [0.29, 0.717) is 10.8 Å². The van der Waals surface area contributed by atoms with E-state index < -0.39 is 15.3 Å². The van der Waals surface area contributed by atoms with Gasteiger partial charge in [-0.2, -0.15) is 0 Å². The van der Waals surface area contributed by atoms with Gasteiger partial charge in [-0.15, -0.1) is 0 Å². The molecule has 0 amide bonds. The molecule has 0 aliphatic heterocycles. The molecule has 1 saturated carbocycles. The highest BCUT2D eigenvalue weighted by atomic mass is 32.2. The summed E-state index contributed by atoms with van der Waals surface area (Å²) in [7, 11) is -3.40. The third-order valence-electron chi connectivity index (χ3n) is 5.43. The highest BCUT2D eigenvalue weighted by Gasteiger charge is 2.30. The van der Waals surface area contributed by atoms with Crippen LogP contribution in [-0.2, 0) is 20.7 Å². The third kappa shape index (κ3) is 5.16. The molecule has 4 heteroatoms. The quantitative estimate of drug-likeness (QED) is 0.614. The highest BCUT2D eigenvalue weighted by Crippen LogP contribution is 2.33. The summed E-state index contributed by atoms with van der Waals surface area (Å²) in [6, 6.07) is 15.2. The van der Waals surface area contributed by atoms with Crippen molar-refractivity contribution in [2.45, 2.75) is 63.2 Å². The van der Waals surface area contributed by atoms with Crippen LogP contribution in [0.25, 0.3) is 0 Å². The average Bonchev–Trinajstić information content (AvgIpc) is 3.43. The van der Waals surface area contributed by atoms with Gasteiger partial charge >= 0.3 is 0 Å². The second-order valence-electron chi connectivity index (χ2n) is 9.70. The van der Waals surface area contributed by atoms with Gasteiger partial charge in [0.25, 0.3) is 0 Å². The Labute approximate surface area is 170 Å². The fraction of sp³-hybridized carbons (Fsp3) is 0.500. The molecule has 1 fully saturated rings. The number of hydrogen-bond acceptors (Lipinski definition) is 3. The summed E-state index contributed by atoms with van der Waals surface area (Å²) in [6.07, 6.45) is 2.49. The predicted molar refractivity (Wildman–Crippen MR) is 115 cm³/mol. The molecule has 3 nitrogen and oxygen atoms in total. The first-order valence-electron chi connectivity index (χ1n) is 10.0. The van der Waals surface area contributed by atoms with Gasteiger partial charge in [-0.25, -0.2) is 8.42 Å². The lowest BCUT2D eigenvalue weighted by Crippen LogP contribution is -2.28. The molecule has 0 bridgehead atoms.